The zero-order chi connectivity index (χ0) is 15.6. The SMILES string of the molecule is Cn1ccc(CNS(=O)(=O)c2ccc(I)c(C(=O)O)c2)n1. The van der Waals surface area contributed by atoms with Gasteiger partial charge in [-0.3, -0.25) is 4.68 Å². The second kappa shape index (κ2) is 6.12. The highest BCUT2D eigenvalue weighted by molar-refractivity contribution is 14.1. The summed E-state index contributed by atoms with van der Waals surface area (Å²) in [5.41, 5.74) is 0.529. The fourth-order valence-electron chi connectivity index (χ4n) is 1.65. The second-order valence-electron chi connectivity index (χ2n) is 4.25. The molecular weight excluding hydrogens is 409 g/mol. The Balaban J connectivity index is 2.23. The van der Waals surface area contributed by atoms with Crippen molar-refractivity contribution >= 4 is 38.6 Å². The van der Waals surface area contributed by atoms with E-state index in [9.17, 15) is 13.2 Å². The fourth-order valence-corrected chi connectivity index (χ4v) is 3.24. The molecule has 0 saturated carbocycles. The minimum absolute atomic E-state index is 0.0393. The summed E-state index contributed by atoms with van der Waals surface area (Å²) in [6.45, 7) is 0.0393. The average Bonchev–Trinajstić information content (AvgIpc) is 2.82. The first-order chi connectivity index (χ1) is 9.79. The first kappa shape index (κ1) is 15.9. The Morgan fingerprint density at radius 1 is 1.43 bits per heavy atom. The van der Waals surface area contributed by atoms with Crippen molar-refractivity contribution in [1.29, 1.82) is 0 Å². The lowest BCUT2D eigenvalue weighted by molar-refractivity contribution is 0.0695. The number of aromatic nitrogens is 2. The molecule has 0 bridgehead atoms. The van der Waals surface area contributed by atoms with Crippen LogP contribution in [0, 0.1) is 3.57 Å². The Bertz CT molecular complexity index is 786. The number of halogens is 1. The van der Waals surface area contributed by atoms with Crippen LogP contribution in [0.2, 0.25) is 0 Å². The van der Waals surface area contributed by atoms with E-state index in [1.54, 1.807) is 24.0 Å². The molecule has 2 aromatic rings. The van der Waals surface area contributed by atoms with Crippen LogP contribution in [-0.2, 0) is 23.6 Å². The molecule has 2 N–H and O–H groups in total. The van der Waals surface area contributed by atoms with Gasteiger partial charge in [0, 0.05) is 16.8 Å². The van der Waals surface area contributed by atoms with Crippen molar-refractivity contribution in [2.75, 3.05) is 0 Å². The van der Waals surface area contributed by atoms with Gasteiger partial charge in [0.05, 0.1) is 22.7 Å². The Morgan fingerprint density at radius 2 is 2.14 bits per heavy atom. The highest BCUT2D eigenvalue weighted by atomic mass is 127. The summed E-state index contributed by atoms with van der Waals surface area (Å²) >= 11 is 1.85. The summed E-state index contributed by atoms with van der Waals surface area (Å²) in [5.74, 6) is -1.17. The molecule has 0 spiro atoms. The third kappa shape index (κ3) is 3.80. The molecule has 0 radical (unpaired) electrons. The molecule has 0 aliphatic carbocycles. The number of benzene rings is 1. The topological polar surface area (TPSA) is 101 Å². The van der Waals surface area contributed by atoms with Crippen molar-refractivity contribution in [3.05, 3.63) is 45.3 Å². The van der Waals surface area contributed by atoms with E-state index in [1.165, 1.54) is 12.1 Å². The minimum atomic E-state index is -3.79. The van der Waals surface area contributed by atoms with Gasteiger partial charge in [-0.15, -0.1) is 0 Å². The number of aromatic carboxylic acids is 1. The van der Waals surface area contributed by atoms with Crippen molar-refractivity contribution in [3.63, 3.8) is 0 Å². The van der Waals surface area contributed by atoms with Crippen LogP contribution in [0.4, 0.5) is 0 Å². The number of carboxylic acids is 1. The number of sulfonamides is 1. The second-order valence-corrected chi connectivity index (χ2v) is 7.18. The Kier molecular flexibility index (Phi) is 4.64. The van der Waals surface area contributed by atoms with Crippen molar-refractivity contribution < 1.29 is 18.3 Å². The molecule has 2 rings (SSSR count). The van der Waals surface area contributed by atoms with Gasteiger partial charge in [-0.25, -0.2) is 17.9 Å². The van der Waals surface area contributed by atoms with Gasteiger partial charge in [-0.2, -0.15) is 5.10 Å². The third-order valence-corrected chi connectivity index (χ3v) is 5.03. The zero-order valence-corrected chi connectivity index (χ0v) is 13.9. The number of carbonyl (C=O) groups is 1. The predicted molar refractivity (Wildman–Crippen MR) is 83.4 cm³/mol. The smallest absolute Gasteiger partial charge is 0.336 e. The average molecular weight is 421 g/mol. The van der Waals surface area contributed by atoms with E-state index in [0.717, 1.165) is 6.07 Å². The van der Waals surface area contributed by atoms with Gasteiger partial charge in [0.1, 0.15) is 0 Å². The normalized spacial score (nSPS) is 11.5. The molecule has 112 valence electrons. The van der Waals surface area contributed by atoms with Crippen LogP contribution in [0.3, 0.4) is 0 Å². The number of carboxylic acid groups (broad SMARTS) is 1. The summed E-state index contributed by atoms with van der Waals surface area (Å²) in [5, 5.41) is 13.1. The maximum absolute atomic E-state index is 12.2. The number of hydrogen-bond acceptors (Lipinski definition) is 4. The Labute approximate surface area is 135 Å². The van der Waals surface area contributed by atoms with E-state index in [1.807, 2.05) is 22.6 Å². The van der Waals surface area contributed by atoms with E-state index in [0.29, 0.717) is 9.26 Å². The molecule has 1 aromatic heterocycles. The maximum atomic E-state index is 12.2. The molecule has 1 heterocycles. The largest absolute Gasteiger partial charge is 0.478 e. The molecule has 7 nitrogen and oxygen atoms in total. The zero-order valence-electron chi connectivity index (χ0n) is 10.9. The molecule has 0 unspecified atom stereocenters. The molecular formula is C12H12IN3O4S. The van der Waals surface area contributed by atoms with Crippen molar-refractivity contribution in [2.45, 2.75) is 11.4 Å². The fraction of sp³-hybridized carbons (Fsp3) is 0.167. The van der Waals surface area contributed by atoms with Crippen molar-refractivity contribution in [1.82, 2.24) is 14.5 Å². The lowest BCUT2D eigenvalue weighted by Gasteiger charge is -2.07. The monoisotopic (exact) mass is 421 g/mol. The quantitative estimate of drug-likeness (QED) is 0.707. The van der Waals surface area contributed by atoms with Gasteiger partial charge in [0.15, 0.2) is 0 Å². The van der Waals surface area contributed by atoms with E-state index in [-0.39, 0.29) is 17.0 Å². The summed E-state index contributed by atoms with van der Waals surface area (Å²) < 4.78 is 28.7. The van der Waals surface area contributed by atoms with Crippen LogP contribution in [0.15, 0.2) is 35.4 Å². The van der Waals surface area contributed by atoms with E-state index >= 15 is 0 Å². The molecule has 21 heavy (non-hydrogen) atoms. The van der Waals surface area contributed by atoms with Crippen LogP contribution in [0.1, 0.15) is 16.1 Å². The standard InChI is InChI=1S/C12H12IN3O4S/c1-16-5-4-8(15-16)7-14-21(19,20)9-2-3-11(13)10(6-9)12(17)18/h2-6,14H,7H2,1H3,(H,17,18). The molecule has 0 amide bonds. The van der Waals surface area contributed by atoms with Crippen LogP contribution >= 0.6 is 22.6 Å². The summed E-state index contributed by atoms with van der Waals surface area (Å²) in [7, 11) is -2.06. The molecule has 1 aromatic carbocycles. The molecule has 0 aliphatic heterocycles. The number of hydrogen-bond donors (Lipinski definition) is 2. The van der Waals surface area contributed by atoms with Crippen molar-refractivity contribution in [3.8, 4) is 0 Å². The van der Waals surface area contributed by atoms with Gasteiger partial charge in [0.25, 0.3) is 0 Å². The van der Waals surface area contributed by atoms with E-state index in [2.05, 4.69) is 9.82 Å². The number of nitrogens with zero attached hydrogens (tertiary/aromatic N) is 2. The van der Waals surface area contributed by atoms with Gasteiger partial charge >= 0.3 is 5.97 Å². The molecule has 0 saturated heterocycles. The molecule has 9 heteroatoms. The Hall–Kier alpha value is -1.46. The predicted octanol–water partition coefficient (Wildman–Crippen LogP) is 1.20. The summed E-state index contributed by atoms with van der Waals surface area (Å²) in [6, 6.07) is 5.66. The van der Waals surface area contributed by atoms with E-state index in [4.69, 9.17) is 5.11 Å². The number of nitrogens with one attached hydrogen (secondary N) is 1. The number of aryl methyl sites for hydroxylation is 1. The van der Waals surface area contributed by atoms with Gasteiger partial charge in [0.2, 0.25) is 10.0 Å². The van der Waals surface area contributed by atoms with Gasteiger partial charge in [-0.1, -0.05) is 0 Å². The first-order valence-corrected chi connectivity index (χ1v) is 8.37. The molecule has 0 aliphatic rings. The third-order valence-electron chi connectivity index (χ3n) is 2.69. The first-order valence-electron chi connectivity index (χ1n) is 5.80. The number of rotatable bonds is 5. The van der Waals surface area contributed by atoms with Crippen LogP contribution in [0.25, 0.3) is 0 Å². The van der Waals surface area contributed by atoms with Gasteiger partial charge < -0.3 is 5.11 Å². The summed E-state index contributed by atoms with van der Waals surface area (Å²) in [4.78, 5) is 11.0. The van der Waals surface area contributed by atoms with Crippen molar-refractivity contribution in [2.24, 2.45) is 7.05 Å². The van der Waals surface area contributed by atoms with Gasteiger partial charge in [-0.05, 0) is 46.9 Å². The Morgan fingerprint density at radius 3 is 2.71 bits per heavy atom. The highest BCUT2D eigenvalue weighted by Crippen LogP contribution is 2.18. The molecule has 0 fully saturated rings. The summed E-state index contributed by atoms with van der Waals surface area (Å²) in [6.07, 6.45) is 1.71. The lowest BCUT2D eigenvalue weighted by Crippen LogP contribution is -2.24. The van der Waals surface area contributed by atoms with Crippen LogP contribution < -0.4 is 4.72 Å². The minimum Gasteiger partial charge on any atom is -0.478 e. The molecule has 0 atom stereocenters. The lowest BCUT2D eigenvalue weighted by atomic mass is 10.2. The highest BCUT2D eigenvalue weighted by Gasteiger charge is 2.18. The maximum Gasteiger partial charge on any atom is 0.336 e. The van der Waals surface area contributed by atoms with E-state index < -0.39 is 16.0 Å². The van der Waals surface area contributed by atoms with Crippen LogP contribution in [-0.4, -0.2) is 29.3 Å². The van der Waals surface area contributed by atoms with Crippen LogP contribution in [0.5, 0.6) is 0 Å².